The number of piperidine rings is 1. The molecule has 23 heavy (non-hydrogen) atoms. The van der Waals surface area contributed by atoms with Crippen molar-refractivity contribution in [3.8, 4) is 0 Å². The van der Waals surface area contributed by atoms with E-state index < -0.39 is 10.2 Å². The Morgan fingerprint density at radius 2 is 2.13 bits per heavy atom. The van der Waals surface area contributed by atoms with E-state index in [4.69, 9.17) is 0 Å². The summed E-state index contributed by atoms with van der Waals surface area (Å²) in [5.41, 5.74) is 0. The van der Waals surface area contributed by atoms with Crippen LogP contribution in [0.4, 0.5) is 0 Å². The average Bonchev–Trinajstić information content (AvgIpc) is 3.07. The van der Waals surface area contributed by atoms with Crippen molar-refractivity contribution in [2.24, 2.45) is 5.92 Å². The Kier molecular flexibility index (Phi) is 6.82. The monoisotopic (exact) mass is 346 g/mol. The van der Waals surface area contributed by atoms with Gasteiger partial charge in [-0.2, -0.15) is 17.0 Å². The van der Waals surface area contributed by atoms with Crippen LogP contribution < -0.4 is 10.6 Å². The molecule has 2 saturated heterocycles. The van der Waals surface area contributed by atoms with E-state index in [0.717, 1.165) is 38.6 Å². The molecule has 2 aliphatic heterocycles. The van der Waals surface area contributed by atoms with Gasteiger partial charge >= 0.3 is 0 Å². The summed E-state index contributed by atoms with van der Waals surface area (Å²) < 4.78 is 28.0. The summed E-state index contributed by atoms with van der Waals surface area (Å²) in [5, 5.41) is 6.17. The summed E-state index contributed by atoms with van der Waals surface area (Å²) in [7, 11) is -1.73. The van der Waals surface area contributed by atoms with Crippen molar-refractivity contribution in [3.05, 3.63) is 0 Å². The zero-order chi connectivity index (χ0) is 16.9. The fourth-order valence-electron chi connectivity index (χ4n) is 3.31. The van der Waals surface area contributed by atoms with Crippen LogP contribution in [0, 0.1) is 5.92 Å². The third kappa shape index (κ3) is 4.89. The molecule has 8 heteroatoms. The van der Waals surface area contributed by atoms with Gasteiger partial charge in [-0.3, -0.25) is 4.79 Å². The fourth-order valence-corrected chi connectivity index (χ4v) is 4.87. The van der Waals surface area contributed by atoms with Crippen LogP contribution >= 0.6 is 0 Å². The van der Waals surface area contributed by atoms with Crippen molar-refractivity contribution >= 4 is 16.1 Å². The van der Waals surface area contributed by atoms with E-state index in [1.165, 1.54) is 4.31 Å². The Hall–Kier alpha value is -0.700. The van der Waals surface area contributed by atoms with E-state index in [1.807, 2.05) is 6.92 Å². The summed E-state index contributed by atoms with van der Waals surface area (Å²) >= 11 is 0. The maximum Gasteiger partial charge on any atom is 0.281 e. The lowest BCUT2D eigenvalue weighted by atomic mass is 9.99. The fraction of sp³-hybridized carbons (Fsp3) is 0.933. The molecule has 0 aromatic carbocycles. The molecule has 0 aromatic rings. The molecule has 0 spiro atoms. The largest absolute Gasteiger partial charge is 0.354 e. The molecular weight excluding hydrogens is 316 g/mol. The minimum Gasteiger partial charge on any atom is -0.354 e. The molecule has 0 aliphatic carbocycles. The number of nitrogens with one attached hydrogen (secondary N) is 2. The molecule has 134 valence electrons. The van der Waals surface area contributed by atoms with Crippen LogP contribution in [-0.4, -0.2) is 68.7 Å². The van der Waals surface area contributed by atoms with Gasteiger partial charge in [0.25, 0.3) is 10.2 Å². The van der Waals surface area contributed by atoms with E-state index in [9.17, 15) is 13.2 Å². The van der Waals surface area contributed by atoms with E-state index >= 15 is 0 Å². The summed E-state index contributed by atoms with van der Waals surface area (Å²) in [5.74, 6) is 0.240. The highest BCUT2D eigenvalue weighted by Gasteiger charge is 2.32. The standard InChI is InChI=1S/C15H30N4O3S/c1-3-9-18(2)23(21,22)19-10-5-6-13(12-19)11-17-15(20)14-7-4-8-16-14/h13-14,16H,3-12H2,1-2H3,(H,17,20). The third-order valence-corrected chi connectivity index (χ3v) is 6.64. The number of carbonyl (C=O) groups is 1. The van der Waals surface area contributed by atoms with Crippen molar-refractivity contribution in [1.29, 1.82) is 0 Å². The lowest BCUT2D eigenvalue weighted by Gasteiger charge is -2.34. The molecule has 2 unspecified atom stereocenters. The molecular formula is C15H30N4O3S. The molecule has 2 heterocycles. The normalized spacial score (nSPS) is 26.6. The molecule has 0 radical (unpaired) electrons. The molecule has 2 fully saturated rings. The van der Waals surface area contributed by atoms with Crippen molar-refractivity contribution in [3.63, 3.8) is 0 Å². The van der Waals surface area contributed by atoms with Gasteiger partial charge in [-0.15, -0.1) is 0 Å². The lowest BCUT2D eigenvalue weighted by molar-refractivity contribution is -0.123. The van der Waals surface area contributed by atoms with Gasteiger partial charge in [-0.25, -0.2) is 0 Å². The first-order valence-corrected chi connectivity index (χ1v) is 10.1. The second-order valence-corrected chi connectivity index (χ2v) is 8.63. The van der Waals surface area contributed by atoms with Crippen molar-refractivity contribution in [2.45, 2.75) is 45.1 Å². The van der Waals surface area contributed by atoms with Gasteiger partial charge in [-0.1, -0.05) is 6.92 Å². The molecule has 7 nitrogen and oxygen atoms in total. The number of hydrogen-bond donors (Lipinski definition) is 2. The molecule has 2 N–H and O–H groups in total. The lowest BCUT2D eigenvalue weighted by Crippen LogP contribution is -2.49. The van der Waals surface area contributed by atoms with Crippen molar-refractivity contribution < 1.29 is 13.2 Å². The van der Waals surface area contributed by atoms with Crippen LogP contribution in [0.1, 0.15) is 39.0 Å². The zero-order valence-corrected chi connectivity index (χ0v) is 15.1. The topological polar surface area (TPSA) is 81.8 Å². The zero-order valence-electron chi connectivity index (χ0n) is 14.3. The molecule has 0 aromatic heterocycles. The number of nitrogens with zero attached hydrogens (tertiary/aromatic N) is 2. The van der Waals surface area contributed by atoms with Crippen LogP contribution in [0.2, 0.25) is 0 Å². The number of amides is 1. The SMILES string of the molecule is CCCN(C)S(=O)(=O)N1CCCC(CNC(=O)C2CCCN2)C1. The first-order valence-electron chi connectivity index (χ1n) is 8.67. The van der Waals surface area contributed by atoms with Gasteiger partial charge < -0.3 is 10.6 Å². The molecule has 2 rings (SSSR count). The predicted octanol–water partition coefficient (Wildman–Crippen LogP) is 0.153. The summed E-state index contributed by atoms with van der Waals surface area (Å²) in [4.78, 5) is 12.0. The number of hydrogen-bond acceptors (Lipinski definition) is 4. The Bertz CT molecular complexity index is 491. The molecule has 0 saturated carbocycles. The van der Waals surface area contributed by atoms with Gasteiger partial charge in [0.15, 0.2) is 0 Å². The van der Waals surface area contributed by atoms with Crippen LogP contribution in [0.15, 0.2) is 0 Å². The highest BCUT2D eigenvalue weighted by atomic mass is 32.2. The van der Waals surface area contributed by atoms with Gasteiger partial charge in [0.2, 0.25) is 5.91 Å². The summed E-state index contributed by atoms with van der Waals surface area (Å²) in [6.45, 7) is 5.03. The van der Waals surface area contributed by atoms with E-state index in [-0.39, 0.29) is 17.9 Å². The predicted molar refractivity (Wildman–Crippen MR) is 90.2 cm³/mol. The van der Waals surface area contributed by atoms with Crippen LogP contribution in [0.5, 0.6) is 0 Å². The van der Waals surface area contributed by atoms with Crippen molar-refractivity contribution in [2.75, 3.05) is 39.8 Å². The molecule has 2 aliphatic rings. The Morgan fingerprint density at radius 1 is 1.35 bits per heavy atom. The highest BCUT2D eigenvalue weighted by Crippen LogP contribution is 2.20. The van der Waals surface area contributed by atoms with Gasteiger partial charge in [-0.05, 0) is 44.6 Å². The Morgan fingerprint density at radius 3 is 2.78 bits per heavy atom. The van der Waals surface area contributed by atoms with E-state index in [0.29, 0.717) is 26.2 Å². The average molecular weight is 346 g/mol. The molecule has 2 atom stereocenters. The van der Waals surface area contributed by atoms with Gasteiger partial charge in [0.05, 0.1) is 6.04 Å². The number of carbonyl (C=O) groups excluding carboxylic acids is 1. The minimum atomic E-state index is -3.37. The maximum atomic E-state index is 12.5. The smallest absolute Gasteiger partial charge is 0.281 e. The van der Waals surface area contributed by atoms with E-state index in [1.54, 1.807) is 11.4 Å². The third-order valence-electron chi connectivity index (χ3n) is 4.68. The molecule has 1 amide bonds. The van der Waals surface area contributed by atoms with E-state index in [2.05, 4.69) is 10.6 Å². The van der Waals surface area contributed by atoms with Crippen LogP contribution in [-0.2, 0) is 15.0 Å². The second-order valence-electron chi connectivity index (χ2n) is 6.59. The first-order chi connectivity index (χ1) is 10.9. The Balaban J connectivity index is 1.84. The van der Waals surface area contributed by atoms with Gasteiger partial charge in [0.1, 0.15) is 0 Å². The molecule has 0 bridgehead atoms. The second kappa shape index (κ2) is 8.41. The van der Waals surface area contributed by atoms with Gasteiger partial charge in [0, 0.05) is 33.2 Å². The maximum absolute atomic E-state index is 12.5. The highest BCUT2D eigenvalue weighted by molar-refractivity contribution is 7.86. The number of rotatable bonds is 7. The first kappa shape index (κ1) is 18.6. The summed E-state index contributed by atoms with van der Waals surface area (Å²) in [6, 6.07) is -0.0749. The summed E-state index contributed by atoms with van der Waals surface area (Å²) in [6.07, 6.45) is 4.54. The minimum absolute atomic E-state index is 0.0468. The van der Waals surface area contributed by atoms with Crippen LogP contribution in [0.3, 0.4) is 0 Å². The quantitative estimate of drug-likeness (QED) is 0.688. The van der Waals surface area contributed by atoms with Crippen LogP contribution in [0.25, 0.3) is 0 Å². The Labute approximate surface area is 140 Å². The van der Waals surface area contributed by atoms with Crippen molar-refractivity contribution in [1.82, 2.24) is 19.2 Å².